The number of amides is 1. The van der Waals surface area contributed by atoms with E-state index >= 15 is 0 Å². The molecule has 0 bridgehead atoms. The molecule has 0 aliphatic carbocycles. The molecule has 0 aromatic heterocycles. The predicted molar refractivity (Wildman–Crippen MR) is 92.0 cm³/mol. The van der Waals surface area contributed by atoms with Crippen molar-refractivity contribution in [2.75, 3.05) is 18.5 Å². The van der Waals surface area contributed by atoms with Crippen LogP contribution in [0.1, 0.15) is 31.9 Å². The van der Waals surface area contributed by atoms with Crippen molar-refractivity contribution >= 4 is 23.5 Å². The predicted octanol–water partition coefficient (Wildman–Crippen LogP) is 2.43. The zero-order valence-corrected chi connectivity index (χ0v) is 13.4. The summed E-state index contributed by atoms with van der Waals surface area (Å²) in [6.45, 7) is 4.70. The molecule has 1 aliphatic heterocycles. The molecule has 0 unspecified atom stereocenters. The largest absolute Gasteiger partial charge is 0.402 e. The van der Waals surface area contributed by atoms with Crippen LogP contribution in [0.3, 0.4) is 0 Å². The van der Waals surface area contributed by atoms with Gasteiger partial charge in [0.25, 0.3) is 5.91 Å². The van der Waals surface area contributed by atoms with Gasteiger partial charge in [-0.25, -0.2) is 0 Å². The number of hydrogen-bond acceptors (Lipinski definition) is 5. The molecule has 1 amide bonds. The second-order valence-electron chi connectivity index (χ2n) is 5.32. The lowest BCUT2D eigenvalue weighted by atomic mass is 10.1. The van der Waals surface area contributed by atoms with E-state index in [0.717, 1.165) is 5.56 Å². The molecule has 1 aromatic rings. The number of benzene rings is 1. The fourth-order valence-electron chi connectivity index (χ4n) is 2.21. The summed E-state index contributed by atoms with van der Waals surface area (Å²) in [4.78, 5) is 16.3. The lowest BCUT2D eigenvalue weighted by Crippen LogP contribution is -2.24. The fraction of sp³-hybridized carbons (Fsp3) is 0.353. The van der Waals surface area contributed by atoms with Crippen LogP contribution >= 0.6 is 0 Å². The minimum atomic E-state index is -0.467. The second kappa shape index (κ2) is 7.69. The van der Waals surface area contributed by atoms with E-state index in [1.54, 1.807) is 25.3 Å². The third-order valence-electron chi connectivity index (χ3n) is 3.78. The van der Waals surface area contributed by atoms with Crippen molar-refractivity contribution in [2.45, 2.75) is 26.4 Å². The summed E-state index contributed by atoms with van der Waals surface area (Å²) in [5.41, 5.74) is 8.38. The first-order chi connectivity index (χ1) is 11.0. The van der Waals surface area contributed by atoms with Gasteiger partial charge in [0.15, 0.2) is 0 Å². The quantitative estimate of drug-likeness (QED) is 0.727. The molecule has 23 heavy (non-hydrogen) atoms. The molecule has 1 heterocycles. The maximum atomic E-state index is 12.1. The summed E-state index contributed by atoms with van der Waals surface area (Å²) in [5.74, 6) is -0.467. The summed E-state index contributed by atoms with van der Waals surface area (Å²) < 4.78 is 5.60. The molecule has 4 N–H and O–H groups in total. The highest BCUT2D eigenvalue weighted by Gasteiger charge is 2.16. The number of carbonyl (C=O) groups excluding carboxylic acids is 1. The Labute approximate surface area is 135 Å². The lowest BCUT2D eigenvalue weighted by Gasteiger charge is -2.18. The topological polar surface area (TPSA) is 101 Å². The molecule has 1 aliphatic rings. The van der Waals surface area contributed by atoms with E-state index in [0.29, 0.717) is 36.5 Å². The number of nitrogens with two attached hydrogens (primary N) is 1. The Morgan fingerprint density at radius 1 is 1.43 bits per heavy atom. The van der Waals surface area contributed by atoms with E-state index < -0.39 is 5.91 Å². The summed E-state index contributed by atoms with van der Waals surface area (Å²) >= 11 is 0. The number of ether oxygens (including phenoxy) is 1. The van der Waals surface area contributed by atoms with Gasteiger partial charge in [-0.2, -0.15) is 0 Å². The SMILES string of the molecule is CC/C(N)=C(\C)C(=N)C(=O)Nc1ccc([C@H]2CN=CCO2)cc1. The monoisotopic (exact) mass is 314 g/mol. The minimum absolute atomic E-state index is 0.0439. The molecule has 1 atom stereocenters. The van der Waals surface area contributed by atoms with Crippen molar-refractivity contribution < 1.29 is 9.53 Å². The average Bonchev–Trinajstić information content (AvgIpc) is 2.61. The average molecular weight is 314 g/mol. The maximum Gasteiger partial charge on any atom is 0.273 e. The van der Waals surface area contributed by atoms with Crippen LogP contribution in [0, 0.1) is 5.41 Å². The number of nitrogens with one attached hydrogen (secondary N) is 2. The minimum Gasteiger partial charge on any atom is -0.402 e. The molecular weight excluding hydrogens is 292 g/mol. The third kappa shape index (κ3) is 4.26. The van der Waals surface area contributed by atoms with Gasteiger partial charge in [-0.3, -0.25) is 15.2 Å². The molecule has 6 heteroatoms. The van der Waals surface area contributed by atoms with Gasteiger partial charge in [-0.1, -0.05) is 19.1 Å². The standard InChI is InChI=1S/C17H22N4O2/c1-3-14(18)11(2)16(19)17(22)21-13-6-4-12(5-7-13)15-10-20-8-9-23-15/h4-8,15,19H,3,9-10,18H2,1-2H3,(H,21,22)/b14-11-,19-16?/t15-/m1/s1. The van der Waals surface area contributed by atoms with Gasteiger partial charge in [0.05, 0.1) is 13.2 Å². The Balaban J connectivity index is 2.02. The Bertz CT molecular complexity index is 647. The summed E-state index contributed by atoms with van der Waals surface area (Å²) in [5, 5.41) is 10.6. The van der Waals surface area contributed by atoms with Crippen LogP contribution in [0.15, 0.2) is 40.5 Å². The zero-order valence-electron chi connectivity index (χ0n) is 13.4. The highest BCUT2D eigenvalue weighted by Crippen LogP contribution is 2.21. The number of aliphatic imine (C=N–C) groups is 1. The Morgan fingerprint density at radius 2 is 2.13 bits per heavy atom. The van der Waals surface area contributed by atoms with Gasteiger partial charge in [-0.05, 0) is 36.6 Å². The molecule has 122 valence electrons. The first-order valence-corrected chi connectivity index (χ1v) is 7.58. The molecule has 6 nitrogen and oxygen atoms in total. The number of allylic oxidation sites excluding steroid dienone is 1. The van der Waals surface area contributed by atoms with Crippen LogP contribution in [0.2, 0.25) is 0 Å². The molecule has 2 rings (SSSR count). The maximum absolute atomic E-state index is 12.1. The van der Waals surface area contributed by atoms with Crippen LogP contribution in [-0.4, -0.2) is 31.0 Å². The molecule has 0 fully saturated rings. The van der Waals surface area contributed by atoms with Crippen molar-refractivity contribution in [3.05, 3.63) is 41.1 Å². The summed E-state index contributed by atoms with van der Waals surface area (Å²) in [6, 6.07) is 7.39. The van der Waals surface area contributed by atoms with Gasteiger partial charge in [0.2, 0.25) is 0 Å². The molecule has 0 saturated heterocycles. The van der Waals surface area contributed by atoms with Crippen molar-refractivity contribution in [1.29, 1.82) is 5.41 Å². The summed E-state index contributed by atoms with van der Waals surface area (Å²) in [6.07, 6.45) is 2.33. The number of carbonyl (C=O) groups is 1. The molecule has 0 radical (unpaired) electrons. The van der Waals surface area contributed by atoms with E-state index in [2.05, 4.69) is 10.3 Å². The van der Waals surface area contributed by atoms with Crippen LogP contribution in [0.5, 0.6) is 0 Å². The highest BCUT2D eigenvalue weighted by atomic mass is 16.5. The second-order valence-corrected chi connectivity index (χ2v) is 5.32. The van der Waals surface area contributed by atoms with E-state index in [1.807, 2.05) is 19.1 Å². The smallest absolute Gasteiger partial charge is 0.273 e. The fourth-order valence-corrected chi connectivity index (χ4v) is 2.21. The van der Waals surface area contributed by atoms with Crippen molar-refractivity contribution in [2.24, 2.45) is 10.7 Å². The first-order valence-electron chi connectivity index (χ1n) is 7.58. The highest BCUT2D eigenvalue weighted by molar-refractivity contribution is 6.47. The van der Waals surface area contributed by atoms with E-state index in [4.69, 9.17) is 15.9 Å². The van der Waals surface area contributed by atoms with E-state index in [9.17, 15) is 4.79 Å². The van der Waals surface area contributed by atoms with Gasteiger partial charge < -0.3 is 15.8 Å². The van der Waals surface area contributed by atoms with E-state index in [1.165, 1.54) is 0 Å². The number of nitrogens with zero attached hydrogens (tertiary/aromatic N) is 1. The lowest BCUT2D eigenvalue weighted by molar-refractivity contribution is -0.110. The summed E-state index contributed by atoms with van der Waals surface area (Å²) in [7, 11) is 0. The number of rotatable bonds is 5. The molecule has 0 saturated carbocycles. The van der Waals surface area contributed by atoms with Crippen LogP contribution in [0.4, 0.5) is 5.69 Å². The van der Waals surface area contributed by atoms with Gasteiger partial charge in [-0.15, -0.1) is 0 Å². The van der Waals surface area contributed by atoms with Crippen molar-refractivity contribution in [1.82, 2.24) is 0 Å². The van der Waals surface area contributed by atoms with Crippen molar-refractivity contribution in [3.8, 4) is 0 Å². The van der Waals surface area contributed by atoms with Crippen LogP contribution in [-0.2, 0) is 9.53 Å². The molecular formula is C17H22N4O2. The van der Waals surface area contributed by atoms with Gasteiger partial charge >= 0.3 is 0 Å². The van der Waals surface area contributed by atoms with Gasteiger partial charge in [0.1, 0.15) is 11.8 Å². The molecule has 0 spiro atoms. The van der Waals surface area contributed by atoms with Crippen LogP contribution in [0.25, 0.3) is 0 Å². The normalized spacial score (nSPS) is 18.3. The number of anilines is 1. The Kier molecular flexibility index (Phi) is 5.65. The van der Waals surface area contributed by atoms with Crippen molar-refractivity contribution in [3.63, 3.8) is 0 Å². The van der Waals surface area contributed by atoms with E-state index in [-0.39, 0.29) is 11.8 Å². The Hall–Kier alpha value is -2.47. The van der Waals surface area contributed by atoms with Crippen LogP contribution < -0.4 is 11.1 Å². The van der Waals surface area contributed by atoms with Gasteiger partial charge in [0, 0.05) is 17.6 Å². The first kappa shape index (κ1) is 16.9. The Morgan fingerprint density at radius 3 is 2.70 bits per heavy atom. The zero-order chi connectivity index (χ0) is 16.8. The molecule has 1 aromatic carbocycles. The third-order valence-corrected chi connectivity index (χ3v) is 3.78. The number of hydrogen-bond donors (Lipinski definition) is 3.